The van der Waals surface area contributed by atoms with Gasteiger partial charge in [0, 0.05) is 12.6 Å². The summed E-state index contributed by atoms with van der Waals surface area (Å²) in [5.41, 5.74) is 1.12. The Balaban J connectivity index is 1.59. The summed E-state index contributed by atoms with van der Waals surface area (Å²) >= 11 is 0. The number of rotatable bonds is 8. The molecule has 0 radical (unpaired) electrons. The number of hydrogen-bond acceptors (Lipinski definition) is 4. The number of benzene rings is 2. The largest absolute Gasteiger partial charge is 0.492 e. The molecule has 0 saturated carbocycles. The maximum Gasteiger partial charge on any atom is 0.335 e. The molecule has 0 aliphatic carbocycles. The molecule has 160 valence electrons. The zero-order chi connectivity index (χ0) is 21.5. The number of para-hydroxylation sites is 1. The van der Waals surface area contributed by atoms with Gasteiger partial charge in [-0.05, 0) is 62.9 Å². The van der Waals surface area contributed by atoms with Crippen molar-refractivity contribution in [1.82, 2.24) is 10.2 Å². The maximum atomic E-state index is 13.1. The van der Waals surface area contributed by atoms with Crippen molar-refractivity contribution in [1.29, 1.82) is 0 Å². The van der Waals surface area contributed by atoms with Gasteiger partial charge in [0.05, 0.1) is 17.6 Å². The third-order valence-electron chi connectivity index (χ3n) is 5.75. The minimum atomic E-state index is -0.956. The first-order chi connectivity index (χ1) is 14.5. The summed E-state index contributed by atoms with van der Waals surface area (Å²) in [7, 11) is 0. The second kappa shape index (κ2) is 10.3. The predicted molar refractivity (Wildman–Crippen MR) is 116 cm³/mol. The van der Waals surface area contributed by atoms with Crippen LogP contribution in [0.5, 0.6) is 5.75 Å². The van der Waals surface area contributed by atoms with E-state index < -0.39 is 5.97 Å². The third-order valence-corrected chi connectivity index (χ3v) is 5.75. The topological polar surface area (TPSA) is 78.9 Å². The summed E-state index contributed by atoms with van der Waals surface area (Å²) in [5.74, 6) is -0.111. The van der Waals surface area contributed by atoms with E-state index in [1.807, 2.05) is 37.3 Å². The number of carbonyl (C=O) groups is 2. The van der Waals surface area contributed by atoms with Crippen molar-refractivity contribution in [3.8, 4) is 5.75 Å². The van der Waals surface area contributed by atoms with Crippen LogP contribution in [0.3, 0.4) is 0 Å². The molecule has 1 amide bonds. The van der Waals surface area contributed by atoms with Gasteiger partial charge in [-0.2, -0.15) is 0 Å². The number of nitrogens with one attached hydrogen (secondary N) is 1. The van der Waals surface area contributed by atoms with Crippen LogP contribution in [0.4, 0.5) is 0 Å². The van der Waals surface area contributed by atoms with E-state index in [1.165, 1.54) is 0 Å². The zero-order valence-corrected chi connectivity index (χ0v) is 17.6. The van der Waals surface area contributed by atoms with Gasteiger partial charge in [0.15, 0.2) is 0 Å². The number of carboxylic acids is 1. The van der Waals surface area contributed by atoms with Crippen LogP contribution >= 0.6 is 0 Å². The first-order valence-corrected chi connectivity index (χ1v) is 10.5. The van der Waals surface area contributed by atoms with E-state index in [-0.39, 0.29) is 23.6 Å². The summed E-state index contributed by atoms with van der Waals surface area (Å²) in [5, 5.41) is 12.1. The molecular formula is C24H30N2O4. The Morgan fingerprint density at radius 2 is 1.83 bits per heavy atom. The van der Waals surface area contributed by atoms with E-state index in [9.17, 15) is 9.59 Å². The molecule has 6 heteroatoms. The van der Waals surface area contributed by atoms with Crippen LogP contribution in [0, 0.1) is 0 Å². The van der Waals surface area contributed by atoms with Crippen LogP contribution in [0.25, 0.3) is 0 Å². The Bertz CT molecular complexity index is 838. The number of likely N-dealkylation sites (tertiary alicyclic amines) is 1. The SMILES string of the molecule is C[C@H](NC(=O)[C@@H]1CCC[C@H](C)N1CCOc1ccccc1)c1ccc(C(=O)O)cc1. The molecule has 1 saturated heterocycles. The second-order valence-electron chi connectivity index (χ2n) is 7.85. The Morgan fingerprint density at radius 3 is 2.50 bits per heavy atom. The van der Waals surface area contributed by atoms with Crippen molar-refractivity contribution >= 4 is 11.9 Å². The molecule has 0 unspecified atom stereocenters. The average Bonchev–Trinajstić information content (AvgIpc) is 2.75. The van der Waals surface area contributed by atoms with Gasteiger partial charge in [-0.25, -0.2) is 4.79 Å². The fourth-order valence-corrected chi connectivity index (χ4v) is 4.00. The number of hydrogen-bond donors (Lipinski definition) is 2. The molecular weight excluding hydrogens is 380 g/mol. The fourth-order valence-electron chi connectivity index (χ4n) is 4.00. The van der Waals surface area contributed by atoms with Gasteiger partial charge in [0.1, 0.15) is 12.4 Å². The summed E-state index contributed by atoms with van der Waals surface area (Å²) < 4.78 is 5.84. The molecule has 0 spiro atoms. The van der Waals surface area contributed by atoms with Gasteiger partial charge in [0.2, 0.25) is 5.91 Å². The lowest BCUT2D eigenvalue weighted by Gasteiger charge is -2.40. The van der Waals surface area contributed by atoms with Crippen LogP contribution < -0.4 is 10.1 Å². The van der Waals surface area contributed by atoms with E-state index in [1.54, 1.807) is 24.3 Å². The van der Waals surface area contributed by atoms with Crippen LogP contribution in [0.15, 0.2) is 54.6 Å². The molecule has 1 aliphatic heterocycles. The summed E-state index contributed by atoms with van der Waals surface area (Å²) in [6, 6.07) is 16.3. The predicted octanol–water partition coefficient (Wildman–Crippen LogP) is 3.88. The first-order valence-electron chi connectivity index (χ1n) is 10.5. The second-order valence-corrected chi connectivity index (χ2v) is 7.85. The van der Waals surface area contributed by atoms with Gasteiger partial charge in [-0.1, -0.05) is 30.3 Å². The standard InChI is InChI=1S/C24H30N2O4/c1-17-7-6-10-22(26(17)15-16-30-21-8-4-3-5-9-21)23(27)25-18(2)19-11-13-20(14-12-19)24(28)29/h3-5,8-9,11-14,17-18,22H,6-7,10,15-16H2,1-2H3,(H,25,27)(H,28,29)/t17-,18-,22-/m0/s1. The molecule has 2 N–H and O–H groups in total. The van der Waals surface area contributed by atoms with E-state index >= 15 is 0 Å². The number of carboxylic acid groups (broad SMARTS) is 1. The van der Waals surface area contributed by atoms with Gasteiger partial charge < -0.3 is 15.2 Å². The van der Waals surface area contributed by atoms with Crippen molar-refractivity contribution in [3.63, 3.8) is 0 Å². The lowest BCUT2D eigenvalue weighted by molar-refractivity contribution is -0.129. The maximum absolute atomic E-state index is 13.1. The molecule has 1 heterocycles. The number of aromatic carboxylic acids is 1. The zero-order valence-electron chi connectivity index (χ0n) is 17.6. The highest BCUT2D eigenvalue weighted by Gasteiger charge is 2.33. The van der Waals surface area contributed by atoms with Gasteiger partial charge in [-0.3, -0.25) is 9.69 Å². The quantitative estimate of drug-likeness (QED) is 0.690. The molecule has 3 atom stereocenters. The molecule has 0 bridgehead atoms. The van der Waals surface area contributed by atoms with E-state index in [2.05, 4.69) is 17.1 Å². The van der Waals surface area contributed by atoms with E-state index in [0.717, 1.165) is 30.6 Å². The first kappa shape index (κ1) is 21.8. The van der Waals surface area contributed by atoms with Crippen LogP contribution in [0.2, 0.25) is 0 Å². The van der Waals surface area contributed by atoms with Crippen LogP contribution in [-0.2, 0) is 4.79 Å². The Kier molecular flexibility index (Phi) is 7.46. The number of nitrogens with zero attached hydrogens (tertiary/aromatic N) is 1. The summed E-state index contributed by atoms with van der Waals surface area (Å²) in [6.07, 6.45) is 2.92. The van der Waals surface area contributed by atoms with Gasteiger partial charge in [0.25, 0.3) is 0 Å². The van der Waals surface area contributed by atoms with Crippen LogP contribution in [-0.4, -0.2) is 47.1 Å². The number of piperidine rings is 1. The lowest BCUT2D eigenvalue weighted by Crippen LogP contribution is -2.54. The molecule has 2 aromatic carbocycles. The van der Waals surface area contributed by atoms with Crippen molar-refractivity contribution in [2.45, 2.75) is 51.2 Å². The fraction of sp³-hybridized carbons (Fsp3) is 0.417. The molecule has 30 heavy (non-hydrogen) atoms. The number of amides is 1. The van der Waals surface area contributed by atoms with E-state index in [4.69, 9.17) is 9.84 Å². The summed E-state index contributed by atoms with van der Waals surface area (Å²) in [4.78, 5) is 26.3. The number of ether oxygens (including phenoxy) is 1. The Hall–Kier alpha value is -2.86. The van der Waals surface area contributed by atoms with E-state index in [0.29, 0.717) is 19.2 Å². The molecule has 6 nitrogen and oxygen atoms in total. The van der Waals surface area contributed by atoms with Gasteiger partial charge >= 0.3 is 5.97 Å². The van der Waals surface area contributed by atoms with Crippen molar-refractivity contribution < 1.29 is 19.4 Å². The highest BCUT2D eigenvalue weighted by atomic mass is 16.5. The molecule has 0 aromatic heterocycles. The normalized spacial score (nSPS) is 20.3. The smallest absolute Gasteiger partial charge is 0.335 e. The highest BCUT2D eigenvalue weighted by Crippen LogP contribution is 2.24. The third kappa shape index (κ3) is 5.60. The summed E-state index contributed by atoms with van der Waals surface area (Å²) in [6.45, 7) is 5.30. The molecule has 3 rings (SSSR count). The van der Waals surface area contributed by atoms with Crippen molar-refractivity contribution in [3.05, 3.63) is 65.7 Å². The van der Waals surface area contributed by atoms with Crippen LogP contribution in [0.1, 0.15) is 55.1 Å². The molecule has 2 aromatic rings. The minimum Gasteiger partial charge on any atom is -0.492 e. The molecule has 1 fully saturated rings. The lowest BCUT2D eigenvalue weighted by atomic mass is 9.95. The number of carbonyl (C=O) groups excluding carboxylic acids is 1. The van der Waals surface area contributed by atoms with Crippen molar-refractivity contribution in [2.24, 2.45) is 0 Å². The monoisotopic (exact) mass is 410 g/mol. The average molecular weight is 411 g/mol. The minimum absolute atomic E-state index is 0.0103. The Morgan fingerprint density at radius 1 is 1.13 bits per heavy atom. The molecule has 1 aliphatic rings. The highest BCUT2D eigenvalue weighted by molar-refractivity contribution is 5.87. The Labute approximate surface area is 177 Å². The van der Waals surface area contributed by atoms with Crippen molar-refractivity contribution in [2.75, 3.05) is 13.2 Å². The van der Waals surface area contributed by atoms with Gasteiger partial charge in [-0.15, -0.1) is 0 Å².